The maximum Gasteiger partial charge on any atom is -0.0168 e. The van der Waals surface area contributed by atoms with Crippen molar-refractivity contribution in [3.05, 3.63) is 23.8 Å². The summed E-state index contributed by atoms with van der Waals surface area (Å²) in [5, 5.41) is 0. The first kappa shape index (κ1) is 10.6. The van der Waals surface area contributed by atoms with Crippen LogP contribution >= 0.6 is 0 Å². The molecule has 0 nitrogen and oxygen atoms in total. The maximum absolute atomic E-state index is 2.44. The Balaban J connectivity index is 2.65. The number of hydrogen-bond acceptors (Lipinski definition) is 0. The molecule has 1 aliphatic rings. The van der Waals surface area contributed by atoms with Crippen LogP contribution in [0.5, 0.6) is 0 Å². The molecule has 0 spiro atoms. The molecule has 0 bridgehead atoms. The molecule has 0 aliphatic heterocycles. The predicted octanol–water partition coefficient (Wildman–Crippen LogP) is 4.19. The van der Waals surface area contributed by atoms with Crippen molar-refractivity contribution in [2.75, 3.05) is 0 Å². The Morgan fingerprint density at radius 1 is 1.46 bits per heavy atom. The molecule has 0 saturated heterocycles. The summed E-state index contributed by atoms with van der Waals surface area (Å²) in [5.41, 5.74) is 1.55. The Morgan fingerprint density at radius 3 is 2.69 bits per heavy atom. The normalized spacial score (nSPS) is 26.8. The third-order valence-electron chi connectivity index (χ3n) is 3.32. The average Bonchev–Trinajstić information content (AvgIpc) is 2.15. The summed E-state index contributed by atoms with van der Waals surface area (Å²) in [7, 11) is 0. The second-order valence-corrected chi connectivity index (χ2v) is 4.46. The lowest BCUT2D eigenvalue weighted by Crippen LogP contribution is -2.11. The summed E-state index contributed by atoms with van der Waals surface area (Å²) in [6, 6.07) is 0. The third-order valence-corrected chi connectivity index (χ3v) is 3.32. The van der Waals surface area contributed by atoms with Crippen molar-refractivity contribution in [1.29, 1.82) is 0 Å². The minimum atomic E-state index is 0.726. The van der Waals surface area contributed by atoms with Gasteiger partial charge in [-0.15, -0.1) is 0 Å². The lowest BCUT2D eigenvalue weighted by Gasteiger charge is -2.23. The van der Waals surface area contributed by atoms with Gasteiger partial charge in [-0.2, -0.15) is 0 Å². The van der Waals surface area contributed by atoms with Crippen molar-refractivity contribution in [3.8, 4) is 0 Å². The molecule has 74 valence electrons. The van der Waals surface area contributed by atoms with E-state index in [1.54, 1.807) is 5.57 Å². The van der Waals surface area contributed by atoms with Gasteiger partial charge < -0.3 is 0 Å². The van der Waals surface area contributed by atoms with E-state index in [-0.39, 0.29) is 0 Å². The van der Waals surface area contributed by atoms with Gasteiger partial charge in [0.25, 0.3) is 0 Å². The highest BCUT2D eigenvalue weighted by atomic mass is 14.2. The fourth-order valence-electron chi connectivity index (χ4n) is 1.86. The van der Waals surface area contributed by atoms with Gasteiger partial charge in [0.2, 0.25) is 0 Å². The van der Waals surface area contributed by atoms with E-state index in [0.29, 0.717) is 0 Å². The zero-order valence-corrected chi connectivity index (χ0v) is 9.38. The van der Waals surface area contributed by atoms with Crippen LogP contribution in [0.15, 0.2) is 23.8 Å². The highest BCUT2D eigenvalue weighted by Gasteiger charge is 2.15. The third kappa shape index (κ3) is 2.72. The lowest BCUT2D eigenvalue weighted by molar-refractivity contribution is 0.429. The van der Waals surface area contributed by atoms with Crippen LogP contribution < -0.4 is 0 Å². The number of hydrogen-bond donors (Lipinski definition) is 0. The topological polar surface area (TPSA) is 0 Å². The minimum Gasteiger partial charge on any atom is -0.0837 e. The van der Waals surface area contributed by atoms with Gasteiger partial charge >= 0.3 is 0 Å². The van der Waals surface area contributed by atoms with E-state index in [2.05, 4.69) is 45.9 Å². The Labute approximate surface area is 82.7 Å². The SMILES string of the molecule is CCC(C)C(C)C1=CC(C)CC=C1. The van der Waals surface area contributed by atoms with Crippen LogP contribution in [0.2, 0.25) is 0 Å². The van der Waals surface area contributed by atoms with Gasteiger partial charge in [-0.3, -0.25) is 0 Å². The first-order valence-corrected chi connectivity index (χ1v) is 5.53. The monoisotopic (exact) mass is 178 g/mol. The molecule has 0 aromatic rings. The van der Waals surface area contributed by atoms with E-state index < -0.39 is 0 Å². The standard InChI is InChI=1S/C13H22/c1-5-11(3)12(4)13-8-6-7-10(2)9-13/h6,8-12H,5,7H2,1-4H3. The molecule has 0 fully saturated rings. The Morgan fingerprint density at radius 2 is 2.15 bits per heavy atom. The average molecular weight is 178 g/mol. The molecule has 0 heteroatoms. The van der Waals surface area contributed by atoms with E-state index in [9.17, 15) is 0 Å². The van der Waals surface area contributed by atoms with Gasteiger partial charge in [0, 0.05) is 0 Å². The molecule has 3 atom stereocenters. The molecule has 0 radical (unpaired) electrons. The molecule has 13 heavy (non-hydrogen) atoms. The van der Waals surface area contributed by atoms with Crippen LogP contribution in [0.1, 0.15) is 40.5 Å². The van der Waals surface area contributed by atoms with Gasteiger partial charge in [-0.05, 0) is 29.7 Å². The zero-order chi connectivity index (χ0) is 9.84. The summed E-state index contributed by atoms with van der Waals surface area (Å²) in [6.45, 7) is 9.27. The molecule has 1 rings (SSSR count). The minimum absolute atomic E-state index is 0.726. The Kier molecular flexibility index (Phi) is 3.77. The van der Waals surface area contributed by atoms with Gasteiger partial charge in [-0.25, -0.2) is 0 Å². The first-order chi connectivity index (χ1) is 6.15. The molecular weight excluding hydrogens is 156 g/mol. The molecule has 0 aromatic carbocycles. The quantitative estimate of drug-likeness (QED) is 0.608. The van der Waals surface area contributed by atoms with Crippen molar-refractivity contribution < 1.29 is 0 Å². The van der Waals surface area contributed by atoms with E-state index >= 15 is 0 Å². The first-order valence-electron chi connectivity index (χ1n) is 5.53. The lowest BCUT2D eigenvalue weighted by atomic mass is 9.83. The summed E-state index contributed by atoms with van der Waals surface area (Å²) in [5.74, 6) is 2.27. The second kappa shape index (κ2) is 4.64. The van der Waals surface area contributed by atoms with Crippen molar-refractivity contribution in [3.63, 3.8) is 0 Å². The van der Waals surface area contributed by atoms with Gasteiger partial charge in [0.05, 0.1) is 0 Å². The summed E-state index contributed by atoms with van der Waals surface area (Å²) >= 11 is 0. The van der Waals surface area contributed by atoms with E-state index in [4.69, 9.17) is 0 Å². The van der Waals surface area contributed by atoms with Crippen molar-refractivity contribution in [2.24, 2.45) is 17.8 Å². The van der Waals surface area contributed by atoms with Crippen LogP contribution in [0.3, 0.4) is 0 Å². The van der Waals surface area contributed by atoms with Gasteiger partial charge in [0.1, 0.15) is 0 Å². The fraction of sp³-hybridized carbons (Fsp3) is 0.692. The van der Waals surface area contributed by atoms with Crippen molar-refractivity contribution in [1.82, 2.24) is 0 Å². The molecule has 0 heterocycles. The predicted molar refractivity (Wildman–Crippen MR) is 59.6 cm³/mol. The van der Waals surface area contributed by atoms with Crippen LogP contribution in [0, 0.1) is 17.8 Å². The molecule has 0 N–H and O–H groups in total. The van der Waals surface area contributed by atoms with E-state index in [1.807, 2.05) is 0 Å². The molecule has 0 amide bonds. The van der Waals surface area contributed by atoms with Crippen LogP contribution in [-0.2, 0) is 0 Å². The summed E-state index contributed by atoms with van der Waals surface area (Å²) in [4.78, 5) is 0. The van der Waals surface area contributed by atoms with Crippen LogP contribution in [0.4, 0.5) is 0 Å². The van der Waals surface area contributed by atoms with Crippen LogP contribution in [-0.4, -0.2) is 0 Å². The summed E-state index contributed by atoms with van der Waals surface area (Å²) in [6.07, 6.45) is 9.57. The van der Waals surface area contributed by atoms with Crippen molar-refractivity contribution >= 4 is 0 Å². The molecular formula is C13H22. The molecule has 1 aliphatic carbocycles. The largest absolute Gasteiger partial charge is 0.0837 e. The highest BCUT2D eigenvalue weighted by molar-refractivity contribution is 5.26. The molecule has 3 unspecified atom stereocenters. The smallest absolute Gasteiger partial charge is 0.0168 e. The van der Waals surface area contributed by atoms with E-state index in [0.717, 1.165) is 17.8 Å². The van der Waals surface area contributed by atoms with Crippen molar-refractivity contribution in [2.45, 2.75) is 40.5 Å². The molecule has 0 aromatic heterocycles. The second-order valence-electron chi connectivity index (χ2n) is 4.46. The number of allylic oxidation sites excluding steroid dienone is 4. The Bertz CT molecular complexity index is 210. The zero-order valence-electron chi connectivity index (χ0n) is 9.38. The number of rotatable bonds is 3. The maximum atomic E-state index is 2.44. The summed E-state index contributed by atoms with van der Waals surface area (Å²) < 4.78 is 0. The fourth-order valence-corrected chi connectivity index (χ4v) is 1.86. The highest BCUT2D eigenvalue weighted by Crippen LogP contribution is 2.28. The van der Waals surface area contributed by atoms with Gasteiger partial charge in [0.15, 0.2) is 0 Å². The van der Waals surface area contributed by atoms with Crippen LogP contribution in [0.25, 0.3) is 0 Å². The molecule has 0 saturated carbocycles. The van der Waals surface area contributed by atoms with E-state index in [1.165, 1.54) is 12.8 Å². The Hall–Kier alpha value is -0.520. The van der Waals surface area contributed by atoms with Gasteiger partial charge in [-0.1, -0.05) is 52.3 Å².